The highest BCUT2D eigenvalue weighted by Gasteiger charge is 2.41. The van der Waals surface area contributed by atoms with Gasteiger partial charge in [0.05, 0.1) is 11.3 Å². The molecule has 1 saturated carbocycles. The summed E-state index contributed by atoms with van der Waals surface area (Å²) in [6, 6.07) is 14.7. The van der Waals surface area contributed by atoms with Crippen molar-refractivity contribution in [3.05, 3.63) is 59.7 Å². The van der Waals surface area contributed by atoms with Crippen LogP contribution in [0.3, 0.4) is 0 Å². The van der Waals surface area contributed by atoms with Crippen molar-refractivity contribution >= 4 is 23.5 Å². The van der Waals surface area contributed by atoms with Crippen LogP contribution in [-0.2, 0) is 9.59 Å². The van der Waals surface area contributed by atoms with Crippen molar-refractivity contribution in [1.29, 1.82) is 0 Å². The first-order valence-corrected chi connectivity index (χ1v) is 12.3. The molecule has 2 aliphatic rings. The van der Waals surface area contributed by atoms with Gasteiger partial charge in [0.2, 0.25) is 5.91 Å². The van der Waals surface area contributed by atoms with Crippen LogP contribution >= 0.6 is 0 Å². The zero-order chi connectivity index (χ0) is 25.3. The van der Waals surface area contributed by atoms with Gasteiger partial charge < -0.3 is 19.6 Å². The minimum atomic E-state index is -1.01. The third kappa shape index (κ3) is 5.04. The van der Waals surface area contributed by atoms with E-state index >= 15 is 0 Å². The Morgan fingerprint density at radius 1 is 1.09 bits per heavy atom. The molecule has 186 valence electrons. The largest absolute Gasteiger partial charge is 0.492 e. The molecule has 0 unspecified atom stereocenters. The number of hydrogen-bond donors (Lipinski definition) is 1. The first-order valence-electron chi connectivity index (χ1n) is 12.3. The maximum absolute atomic E-state index is 13.6. The van der Waals surface area contributed by atoms with Crippen LogP contribution in [-0.4, -0.2) is 53.0 Å². The van der Waals surface area contributed by atoms with Crippen molar-refractivity contribution in [2.24, 2.45) is 5.41 Å². The summed E-state index contributed by atoms with van der Waals surface area (Å²) >= 11 is 0. The molecule has 2 amide bonds. The Bertz CT molecular complexity index is 1110. The zero-order valence-corrected chi connectivity index (χ0v) is 20.9. The molecule has 1 aliphatic carbocycles. The maximum Gasteiger partial charge on any atom is 0.312 e. The van der Waals surface area contributed by atoms with E-state index in [0.29, 0.717) is 30.3 Å². The number of likely N-dealkylation sites (N-methyl/N-ethyl adjacent to an activating group) is 1. The predicted molar refractivity (Wildman–Crippen MR) is 134 cm³/mol. The second-order valence-corrected chi connectivity index (χ2v) is 10.2. The monoisotopic (exact) mass is 478 g/mol. The van der Waals surface area contributed by atoms with Crippen molar-refractivity contribution < 1.29 is 24.2 Å². The van der Waals surface area contributed by atoms with Gasteiger partial charge in [-0.2, -0.15) is 0 Å². The Labute approximate surface area is 206 Å². The number of carbonyl (C=O) groups is 3. The Balaban J connectivity index is 1.54. The number of anilines is 1. The van der Waals surface area contributed by atoms with E-state index < -0.39 is 11.4 Å². The van der Waals surface area contributed by atoms with E-state index in [-0.39, 0.29) is 30.4 Å². The van der Waals surface area contributed by atoms with Crippen molar-refractivity contribution in [2.45, 2.75) is 65.0 Å². The molecule has 1 N–H and O–H groups in total. The number of carbonyl (C=O) groups excluding carboxylic acids is 2. The van der Waals surface area contributed by atoms with Crippen LogP contribution in [0.15, 0.2) is 48.5 Å². The molecule has 2 aromatic carbocycles. The smallest absolute Gasteiger partial charge is 0.312 e. The highest BCUT2D eigenvalue weighted by molar-refractivity contribution is 6.08. The van der Waals surface area contributed by atoms with Gasteiger partial charge in [0.15, 0.2) is 0 Å². The van der Waals surface area contributed by atoms with E-state index in [9.17, 15) is 19.5 Å². The van der Waals surface area contributed by atoms with Gasteiger partial charge in [0.25, 0.3) is 5.91 Å². The summed E-state index contributed by atoms with van der Waals surface area (Å²) in [5.41, 5.74) is 1.18. The van der Waals surface area contributed by atoms with Crippen LogP contribution in [0.2, 0.25) is 0 Å². The fourth-order valence-electron chi connectivity index (χ4n) is 4.69. The average molecular weight is 479 g/mol. The molecule has 0 aromatic heterocycles. The molecule has 1 heterocycles. The molecule has 1 fully saturated rings. The predicted octanol–water partition coefficient (Wildman–Crippen LogP) is 4.71. The van der Waals surface area contributed by atoms with Crippen LogP contribution in [0, 0.1) is 5.41 Å². The van der Waals surface area contributed by atoms with E-state index in [1.165, 1.54) is 0 Å². The number of para-hydroxylation sites is 1. The Hall–Kier alpha value is -3.35. The van der Waals surface area contributed by atoms with Gasteiger partial charge in [-0.15, -0.1) is 0 Å². The molecule has 2 atom stereocenters. The number of rotatable bonds is 8. The van der Waals surface area contributed by atoms with Crippen molar-refractivity contribution in [1.82, 2.24) is 4.90 Å². The van der Waals surface area contributed by atoms with Gasteiger partial charge >= 0.3 is 5.97 Å². The number of hydrogen-bond acceptors (Lipinski definition) is 4. The SMILES string of the molecule is CCN(C(=O)[C@H]1C[C@H](C)N(C(=O)c2ccc(OCC(C)(C)C(=O)O)cc2)c2ccccc21)C1CC1. The third-order valence-electron chi connectivity index (χ3n) is 7.00. The van der Waals surface area contributed by atoms with Crippen molar-refractivity contribution in [3.8, 4) is 5.75 Å². The lowest BCUT2D eigenvalue weighted by Crippen LogP contribution is -2.47. The lowest BCUT2D eigenvalue weighted by molar-refractivity contribution is -0.148. The number of benzene rings is 2. The summed E-state index contributed by atoms with van der Waals surface area (Å²) < 4.78 is 5.64. The number of aliphatic carboxylic acids is 1. The van der Waals surface area contributed by atoms with Gasteiger partial charge in [-0.3, -0.25) is 14.4 Å². The molecule has 0 spiro atoms. The molecule has 2 aromatic rings. The number of nitrogens with zero attached hydrogens (tertiary/aromatic N) is 2. The van der Waals surface area contributed by atoms with Crippen LogP contribution < -0.4 is 9.64 Å². The van der Waals surface area contributed by atoms with Gasteiger partial charge in [0.1, 0.15) is 12.4 Å². The minimum absolute atomic E-state index is 0.0250. The molecular formula is C28H34N2O5. The second kappa shape index (κ2) is 9.72. The van der Waals surface area contributed by atoms with Crippen LogP contribution in [0.25, 0.3) is 0 Å². The second-order valence-electron chi connectivity index (χ2n) is 10.2. The van der Waals surface area contributed by atoms with Gasteiger partial charge in [-0.1, -0.05) is 18.2 Å². The number of carboxylic acid groups (broad SMARTS) is 1. The Morgan fingerprint density at radius 3 is 2.34 bits per heavy atom. The van der Waals surface area contributed by atoms with Crippen molar-refractivity contribution in [2.75, 3.05) is 18.1 Å². The first kappa shape index (κ1) is 24.8. The molecule has 1 aliphatic heterocycles. The van der Waals surface area contributed by atoms with E-state index in [0.717, 1.165) is 24.1 Å². The summed E-state index contributed by atoms with van der Waals surface area (Å²) in [4.78, 5) is 42.1. The summed E-state index contributed by atoms with van der Waals surface area (Å²) in [6.07, 6.45) is 2.72. The summed E-state index contributed by atoms with van der Waals surface area (Å²) in [7, 11) is 0. The maximum atomic E-state index is 13.6. The molecule has 4 rings (SSSR count). The van der Waals surface area contributed by atoms with E-state index in [1.54, 1.807) is 43.0 Å². The lowest BCUT2D eigenvalue weighted by atomic mass is 9.84. The Morgan fingerprint density at radius 2 is 1.74 bits per heavy atom. The minimum Gasteiger partial charge on any atom is -0.492 e. The van der Waals surface area contributed by atoms with Crippen LogP contribution in [0.5, 0.6) is 5.75 Å². The molecule has 35 heavy (non-hydrogen) atoms. The highest BCUT2D eigenvalue weighted by atomic mass is 16.5. The number of fused-ring (bicyclic) bond motifs is 1. The quantitative estimate of drug-likeness (QED) is 0.594. The molecule has 0 saturated heterocycles. The number of amides is 2. The van der Waals surface area contributed by atoms with E-state index in [2.05, 4.69) is 0 Å². The van der Waals surface area contributed by atoms with E-state index in [4.69, 9.17) is 4.74 Å². The summed E-state index contributed by atoms with van der Waals surface area (Å²) in [5.74, 6) is -0.652. The zero-order valence-electron chi connectivity index (χ0n) is 20.9. The van der Waals surface area contributed by atoms with E-state index in [1.807, 2.05) is 43.0 Å². The molecule has 7 heteroatoms. The summed E-state index contributed by atoms with van der Waals surface area (Å²) in [5, 5.41) is 9.26. The molecule has 0 radical (unpaired) electrons. The summed E-state index contributed by atoms with van der Waals surface area (Å²) in [6.45, 7) is 7.96. The average Bonchev–Trinajstić information content (AvgIpc) is 3.68. The van der Waals surface area contributed by atoms with Crippen LogP contribution in [0.1, 0.15) is 68.8 Å². The molecular weight excluding hydrogens is 444 g/mol. The number of carboxylic acids is 1. The van der Waals surface area contributed by atoms with Crippen molar-refractivity contribution in [3.63, 3.8) is 0 Å². The fraction of sp³-hybridized carbons (Fsp3) is 0.464. The van der Waals surface area contributed by atoms with Gasteiger partial charge in [0, 0.05) is 29.9 Å². The highest BCUT2D eigenvalue weighted by Crippen LogP contribution is 2.41. The Kier molecular flexibility index (Phi) is 6.88. The molecule has 0 bridgehead atoms. The first-order chi connectivity index (χ1) is 16.6. The fourth-order valence-corrected chi connectivity index (χ4v) is 4.69. The van der Waals surface area contributed by atoms with Gasteiger partial charge in [-0.05, 0) is 82.9 Å². The lowest BCUT2D eigenvalue weighted by Gasteiger charge is -2.40. The normalized spacial score (nSPS) is 19.6. The standard InChI is InChI=1S/C28H34N2O5/c1-5-29(20-12-13-20)26(32)23-16-18(2)30(24-9-7-6-8-22(23)24)25(31)19-10-14-21(15-11-19)35-17-28(3,4)27(33)34/h6-11,14-15,18,20,23H,5,12-13,16-17H2,1-4H3,(H,33,34)/t18-,23-/m0/s1. The number of ether oxygens (including phenoxy) is 1. The van der Waals surface area contributed by atoms with Crippen LogP contribution in [0.4, 0.5) is 5.69 Å². The third-order valence-corrected chi connectivity index (χ3v) is 7.00. The molecule has 7 nitrogen and oxygen atoms in total. The van der Waals surface area contributed by atoms with Gasteiger partial charge in [-0.25, -0.2) is 0 Å². The topological polar surface area (TPSA) is 87.2 Å².